The lowest BCUT2D eigenvalue weighted by Gasteiger charge is -2.40. The van der Waals surface area contributed by atoms with Gasteiger partial charge in [0.2, 0.25) is 0 Å². The van der Waals surface area contributed by atoms with Crippen molar-refractivity contribution in [3.8, 4) is 11.8 Å². The molecule has 0 radical (unpaired) electrons. The zero-order valence-electron chi connectivity index (χ0n) is 23.6. The molecule has 0 unspecified atom stereocenters. The van der Waals surface area contributed by atoms with Gasteiger partial charge < -0.3 is 24.1 Å². The topological polar surface area (TPSA) is 77.3 Å². The highest BCUT2D eigenvalue weighted by Crippen LogP contribution is 2.40. The molecule has 4 aromatic rings. The molecule has 0 spiro atoms. The molecule has 5 rings (SSSR count). The van der Waals surface area contributed by atoms with Gasteiger partial charge in [-0.1, -0.05) is 19.9 Å². The molecule has 1 saturated heterocycles. The number of hydrogen-bond donors (Lipinski definition) is 1. The summed E-state index contributed by atoms with van der Waals surface area (Å²) in [6, 6.07) is 9.45. The molecule has 0 atom stereocenters. The summed E-state index contributed by atoms with van der Waals surface area (Å²) < 4.78 is 24.4. The standard InChI is InChI=1S/C31H38FN5O2/c1-6-12-35(13-7-2)21-10-14-36(15-11-21)29-25(39-5)17-23-28(27(29)32)37(19(3)4)31-26(30(23)38)22-9-8-20(18-33)16-24(22)34-31/h8-9,16-17,19,21,34H,6-7,10-15H2,1-5H3. The maximum absolute atomic E-state index is 16.8. The summed E-state index contributed by atoms with van der Waals surface area (Å²) in [6.45, 7) is 12.0. The molecular formula is C31H38FN5O2. The van der Waals surface area contributed by atoms with E-state index >= 15 is 4.39 Å². The molecule has 0 saturated carbocycles. The molecule has 1 aliphatic rings. The van der Waals surface area contributed by atoms with E-state index < -0.39 is 5.82 Å². The second-order valence-corrected chi connectivity index (χ2v) is 10.9. The van der Waals surface area contributed by atoms with Gasteiger partial charge in [-0.3, -0.25) is 4.79 Å². The molecule has 2 aromatic carbocycles. The van der Waals surface area contributed by atoms with E-state index in [0.717, 1.165) is 57.2 Å². The van der Waals surface area contributed by atoms with Gasteiger partial charge in [-0.05, 0) is 70.8 Å². The summed E-state index contributed by atoms with van der Waals surface area (Å²) in [5.74, 6) is -0.0402. The second kappa shape index (κ2) is 10.9. The molecule has 7 nitrogen and oxygen atoms in total. The first-order valence-electron chi connectivity index (χ1n) is 14.1. The smallest absolute Gasteiger partial charge is 0.199 e. The van der Waals surface area contributed by atoms with E-state index in [0.29, 0.717) is 45.0 Å². The Balaban J connectivity index is 1.68. The molecule has 2 aromatic heterocycles. The summed E-state index contributed by atoms with van der Waals surface area (Å²) in [5, 5.41) is 10.9. The minimum atomic E-state index is -0.425. The Hall–Kier alpha value is -3.57. The minimum Gasteiger partial charge on any atom is -0.494 e. The van der Waals surface area contributed by atoms with Crippen LogP contribution in [0.5, 0.6) is 5.75 Å². The molecule has 8 heteroatoms. The number of methoxy groups -OCH3 is 1. The molecule has 1 fully saturated rings. The Labute approximate surface area is 228 Å². The third kappa shape index (κ3) is 4.53. The Bertz CT molecular complexity index is 1620. The van der Waals surface area contributed by atoms with Gasteiger partial charge in [0.15, 0.2) is 11.2 Å². The lowest BCUT2D eigenvalue weighted by Crippen LogP contribution is -2.45. The fourth-order valence-electron chi connectivity index (χ4n) is 6.40. The molecule has 3 heterocycles. The van der Waals surface area contributed by atoms with Gasteiger partial charge >= 0.3 is 0 Å². The lowest BCUT2D eigenvalue weighted by atomic mass is 10.0. The van der Waals surface area contributed by atoms with Crippen LogP contribution < -0.4 is 15.1 Å². The minimum absolute atomic E-state index is 0.128. The highest BCUT2D eigenvalue weighted by Gasteiger charge is 2.30. The van der Waals surface area contributed by atoms with E-state index in [1.54, 1.807) is 24.3 Å². The summed E-state index contributed by atoms with van der Waals surface area (Å²) in [5.41, 5.74) is 2.21. The van der Waals surface area contributed by atoms with Crippen molar-refractivity contribution >= 4 is 38.5 Å². The monoisotopic (exact) mass is 531 g/mol. The van der Waals surface area contributed by atoms with Gasteiger partial charge in [-0.15, -0.1) is 0 Å². The van der Waals surface area contributed by atoms with Crippen LogP contribution in [-0.4, -0.2) is 53.8 Å². The van der Waals surface area contributed by atoms with Crippen molar-refractivity contribution in [2.45, 2.75) is 65.5 Å². The fourth-order valence-corrected chi connectivity index (χ4v) is 6.40. The van der Waals surface area contributed by atoms with Gasteiger partial charge in [-0.2, -0.15) is 5.26 Å². The van der Waals surface area contributed by atoms with Crippen molar-refractivity contribution in [3.63, 3.8) is 0 Å². The highest BCUT2D eigenvalue weighted by atomic mass is 19.1. The highest BCUT2D eigenvalue weighted by molar-refractivity contribution is 6.10. The Morgan fingerprint density at radius 2 is 1.85 bits per heavy atom. The van der Waals surface area contributed by atoms with Gasteiger partial charge in [0.25, 0.3) is 0 Å². The lowest BCUT2D eigenvalue weighted by molar-refractivity contribution is 0.169. The number of piperidine rings is 1. The van der Waals surface area contributed by atoms with Crippen molar-refractivity contribution < 1.29 is 9.13 Å². The Morgan fingerprint density at radius 3 is 2.44 bits per heavy atom. The van der Waals surface area contributed by atoms with E-state index in [2.05, 4.69) is 34.7 Å². The summed E-state index contributed by atoms with van der Waals surface area (Å²) >= 11 is 0. The van der Waals surface area contributed by atoms with E-state index in [-0.39, 0.29) is 17.0 Å². The van der Waals surface area contributed by atoms with Crippen molar-refractivity contribution in [3.05, 3.63) is 45.9 Å². The number of benzene rings is 2. The first kappa shape index (κ1) is 27.0. The van der Waals surface area contributed by atoms with Crippen LogP contribution in [0, 0.1) is 17.1 Å². The number of aromatic amines is 1. The molecule has 206 valence electrons. The normalized spacial score (nSPS) is 14.8. The van der Waals surface area contributed by atoms with Crippen LogP contribution in [-0.2, 0) is 0 Å². The number of fused-ring (bicyclic) bond motifs is 4. The van der Waals surface area contributed by atoms with Crippen molar-refractivity contribution in [1.29, 1.82) is 5.26 Å². The maximum atomic E-state index is 16.8. The number of ether oxygens (including phenoxy) is 1. The van der Waals surface area contributed by atoms with Crippen molar-refractivity contribution in [2.24, 2.45) is 0 Å². The maximum Gasteiger partial charge on any atom is 0.199 e. The number of pyridine rings is 1. The summed E-state index contributed by atoms with van der Waals surface area (Å²) in [6.07, 6.45) is 4.17. The molecular weight excluding hydrogens is 493 g/mol. The first-order valence-corrected chi connectivity index (χ1v) is 14.1. The first-order chi connectivity index (χ1) is 18.8. The number of nitriles is 1. The number of H-pyrrole nitrogens is 1. The van der Waals surface area contributed by atoms with E-state index in [9.17, 15) is 10.1 Å². The van der Waals surface area contributed by atoms with Gasteiger partial charge in [0, 0.05) is 36.1 Å². The van der Waals surface area contributed by atoms with Crippen LogP contribution in [0.2, 0.25) is 0 Å². The van der Waals surface area contributed by atoms with Gasteiger partial charge in [0.05, 0.1) is 35.0 Å². The Morgan fingerprint density at radius 1 is 1.15 bits per heavy atom. The van der Waals surface area contributed by atoms with Crippen LogP contribution in [0.4, 0.5) is 10.1 Å². The van der Waals surface area contributed by atoms with Crippen molar-refractivity contribution in [1.82, 2.24) is 14.5 Å². The third-order valence-corrected chi connectivity index (χ3v) is 8.10. The predicted octanol–water partition coefficient (Wildman–Crippen LogP) is 6.33. The van der Waals surface area contributed by atoms with Gasteiger partial charge in [-0.25, -0.2) is 4.39 Å². The molecule has 0 amide bonds. The number of halogens is 1. The fraction of sp³-hybridized carbons (Fsp3) is 0.484. The van der Waals surface area contributed by atoms with Crippen LogP contribution >= 0.6 is 0 Å². The largest absolute Gasteiger partial charge is 0.494 e. The summed E-state index contributed by atoms with van der Waals surface area (Å²) in [7, 11) is 1.54. The predicted molar refractivity (Wildman–Crippen MR) is 157 cm³/mol. The molecule has 0 aliphatic carbocycles. The van der Waals surface area contributed by atoms with Crippen LogP contribution in [0.1, 0.15) is 65.0 Å². The molecule has 39 heavy (non-hydrogen) atoms. The zero-order chi connectivity index (χ0) is 27.8. The third-order valence-electron chi connectivity index (χ3n) is 8.10. The van der Waals surface area contributed by atoms with Crippen LogP contribution in [0.25, 0.3) is 32.8 Å². The molecule has 1 N–H and O–H groups in total. The van der Waals surface area contributed by atoms with Gasteiger partial charge in [0.1, 0.15) is 17.1 Å². The quantitative estimate of drug-likeness (QED) is 0.288. The number of nitrogens with zero attached hydrogens (tertiary/aromatic N) is 4. The van der Waals surface area contributed by atoms with Crippen molar-refractivity contribution in [2.75, 3.05) is 38.2 Å². The van der Waals surface area contributed by atoms with E-state index in [4.69, 9.17) is 4.74 Å². The number of nitrogens with one attached hydrogen (secondary N) is 1. The SMILES string of the molecule is CCCN(CCC)C1CCN(c2c(OC)cc3c(=O)c4c5ccc(C#N)cc5[nH]c4n(C(C)C)c3c2F)CC1. The average Bonchev–Trinajstić information content (AvgIpc) is 3.31. The number of hydrogen-bond acceptors (Lipinski definition) is 5. The number of anilines is 1. The molecule has 0 bridgehead atoms. The van der Waals surface area contributed by atoms with E-state index in [1.807, 2.05) is 18.4 Å². The summed E-state index contributed by atoms with van der Waals surface area (Å²) in [4.78, 5) is 21.9. The number of rotatable bonds is 8. The second-order valence-electron chi connectivity index (χ2n) is 10.9. The zero-order valence-corrected chi connectivity index (χ0v) is 23.6. The molecule has 1 aliphatic heterocycles. The van der Waals surface area contributed by atoms with Crippen LogP contribution in [0.3, 0.4) is 0 Å². The van der Waals surface area contributed by atoms with Crippen LogP contribution in [0.15, 0.2) is 29.1 Å². The number of aromatic nitrogens is 2. The Kier molecular flexibility index (Phi) is 7.55. The average molecular weight is 532 g/mol. The van der Waals surface area contributed by atoms with E-state index in [1.165, 1.54) is 7.11 Å².